The molecule has 2 bridgehead atoms. The van der Waals surface area contributed by atoms with Crippen LogP contribution in [0.1, 0.15) is 45.6 Å². The second-order valence-corrected chi connectivity index (χ2v) is 8.46. The van der Waals surface area contributed by atoms with E-state index in [1.54, 1.807) is 23.1 Å². The second-order valence-electron chi connectivity index (χ2n) is 8.46. The Morgan fingerprint density at radius 1 is 1.19 bits per heavy atom. The number of rotatable bonds is 4. The predicted molar refractivity (Wildman–Crippen MR) is 98.9 cm³/mol. The first-order chi connectivity index (χ1) is 12.7. The molecule has 3 rings (SSSR count). The Balaban J connectivity index is 1.61. The smallest absolute Gasteiger partial charge is 0.410 e. The molecule has 148 valence electrons. The number of aryl methyl sites for hydroxylation is 1. The summed E-state index contributed by atoms with van der Waals surface area (Å²) in [5.74, 6) is -0.247. The highest BCUT2D eigenvalue weighted by atomic mass is 19.1. The Morgan fingerprint density at radius 2 is 1.81 bits per heavy atom. The lowest BCUT2D eigenvalue weighted by atomic mass is 9.81. The predicted octanol–water partition coefficient (Wildman–Crippen LogP) is 3.74. The molecule has 1 aromatic carbocycles. The number of nitrogens with zero attached hydrogens (tertiary/aromatic N) is 1. The van der Waals surface area contributed by atoms with E-state index in [1.165, 1.54) is 6.07 Å². The molecule has 0 saturated carbocycles. The van der Waals surface area contributed by atoms with Crippen molar-refractivity contribution < 1.29 is 23.5 Å². The van der Waals surface area contributed by atoms with Crippen molar-refractivity contribution in [2.45, 2.75) is 64.1 Å². The topological polar surface area (TPSA) is 55.8 Å². The van der Waals surface area contributed by atoms with Gasteiger partial charge in [0, 0.05) is 12.3 Å². The zero-order chi connectivity index (χ0) is 19.6. The van der Waals surface area contributed by atoms with Crippen LogP contribution < -0.4 is 0 Å². The summed E-state index contributed by atoms with van der Waals surface area (Å²) < 4.78 is 24.9. The summed E-state index contributed by atoms with van der Waals surface area (Å²) in [6.45, 7) is 6.38. The summed E-state index contributed by atoms with van der Waals surface area (Å²) in [5, 5.41) is 0. The van der Waals surface area contributed by atoms with Gasteiger partial charge in [-0.15, -0.1) is 0 Å². The summed E-state index contributed by atoms with van der Waals surface area (Å²) in [7, 11) is 0. The molecule has 2 heterocycles. The molecule has 1 aromatic rings. The minimum atomic E-state index is -0.557. The van der Waals surface area contributed by atoms with Gasteiger partial charge in [0.1, 0.15) is 17.2 Å². The van der Waals surface area contributed by atoms with Crippen LogP contribution in [0.4, 0.5) is 9.18 Å². The van der Waals surface area contributed by atoms with Gasteiger partial charge in [0.05, 0.1) is 25.3 Å². The molecule has 0 N–H and O–H groups in total. The van der Waals surface area contributed by atoms with Crippen molar-refractivity contribution in [3.05, 3.63) is 35.6 Å². The maximum Gasteiger partial charge on any atom is 0.410 e. The third-order valence-electron chi connectivity index (χ3n) is 5.18. The third-order valence-corrected chi connectivity index (χ3v) is 5.18. The zero-order valence-electron chi connectivity index (χ0n) is 16.2. The molecule has 0 radical (unpaired) electrons. The van der Waals surface area contributed by atoms with Crippen molar-refractivity contribution in [1.29, 1.82) is 0 Å². The first-order valence-corrected chi connectivity index (χ1v) is 9.60. The minimum absolute atomic E-state index is 0.116. The van der Waals surface area contributed by atoms with Gasteiger partial charge in [0.25, 0.3) is 0 Å². The third kappa shape index (κ3) is 4.86. The van der Waals surface area contributed by atoms with Gasteiger partial charge in [-0.25, -0.2) is 9.18 Å². The van der Waals surface area contributed by atoms with E-state index in [2.05, 4.69) is 0 Å². The molecule has 0 aliphatic carbocycles. The number of Topliss-reactive ketones (excluding diaryl/α,β-unsaturated/α-hetero) is 1. The summed E-state index contributed by atoms with van der Waals surface area (Å²) >= 11 is 0. The summed E-state index contributed by atoms with van der Waals surface area (Å²) in [6.07, 6.45) is 1.54. The monoisotopic (exact) mass is 377 g/mol. The molecular weight excluding hydrogens is 349 g/mol. The number of halogens is 1. The fraction of sp³-hybridized carbons (Fsp3) is 0.619. The maximum absolute atomic E-state index is 13.8. The number of benzene rings is 1. The van der Waals surface area contributed by atoms with Crippen LogP contribution in [0.15, 0.2) is 24.3 Å². The van der Waals surface area contributed by atoms with Crippen molar-refractivity contribution in [3.63, 3.8) is 0 Å². The van der Waals surface area contributed by atoms with Crippen molar-refractivity contribution in [1.82, 2.24) is 4.90 Å². The van der Waals surface area contributed by atoms with Gasteiger partial charge in [0.15, 0.2) is 0 Å². The number of amides is 1. The highest BCUT2D eigenvalue weighted by Crippen LogP contribution is 2.34. The lowest BCUT2D eigenvalue weighted by molar-refractivity contribution is -0.132. The van der Waals surface area contributed by atoms with Gasteiger partial charge in [-0.2, -0.15) is 0 Å². The highest BCUT2D eigenvalue weighted by molar-refractivity contribution is 5.82. The first kappa shape index (κ1) is 19.8. The molecule has 0 spiro atoms. The highest BCUT2D eigenvalue weighted by Gasteiger charge is 2.44. The van der Waals surface area contributed by atoms with Crippen LogP contribution >= 0.6 is 0 Å². The molecule has 2 aliphatic heterocycles. The van der Waals surface area contributed by atoms with E-state index in [4.69, 9.17) is 9.47 Å². The average molecular weight is 377 g/mol. The van der Waals surface area contributed by atoms with E-state index < -0.39 is 5.60 Å². The fourth-order valence-corrected chi connectivity index (χ4v) is 3.95. The molecule has 5 nitrogen and oxygen atoms in total. The number of piperidine rings is 1. The Morgan fingerprint density at radius 3 is 2.41 bits per heavy atom. The van der Waals surface area contributed by atoms with Crippen LogP contribution in [0.25, 0.3) is 0 Å². The van der Waals surface area contributed by atoms with Crippen LogP contribution in [0.2, 0.25) is 0 Å². The quantitative estimate of drug-likeness (QED) is 0.802. The van der Waals surface area contributed by atoms with Crippen molar-refractivity contribution >= 4 is 11.9 Å². The van der Waals surface area contributed by atoms with E-state index in [0.717, 1.165) is 0 Å². The van der Waals surface area contributed by atoms with Gasteiger partial charge >= 0.3 is 6.09 Å². The SMILES string of the molecule is CC(C)(C)OC(=O)N1C2COCC1CC(C(=O)CCc1ccccc1F)C2. The van der Waals surface area contributed by atoms with Crippen LogP contribution in [0.3, 0.4) is 0 Å². The lowest BCUT2D eigenvalue weighted by Gasteiger charge is -2.47. The van der Waals surface area contributed by atoms with E-state index in [1.807, 2.05) is 20.8 Å². The molecule has 2 unspecified atom stereocenters. The van der Waals surface area contributed by atoms with Crippen molar-refractivity contribution in [2.24, 2.45) is 5.92 Å². The standard InChI is InChI=1S/C21H28FNO4/c1-21(2,3)27-20(25)23-16-10-15(11-17(23)13-26-12-16)19(24)9-8-14-6-4-5-7-18(14)22/h4-7,15-17H,8-13H2,1-3H3. The normalized spacial score (nSPS) is 25.2. The summed E-state index contributed by atoms with van der Waals surface area (Å²) in [5.41, 5.74) is 0.0131. The number of morpholine rings is 1. The van der Waals surface area contributed by atoms with Crippen molar-refractivity contribution in [3.8, 4) is 0 Å². The van der Waals surface area contributed by atoms with E-state index in [9.17, 15) is 14.0 Å². The van der Waals surface area contributed by atoms with Crippen LogP contribution in [-0.2, 0) is 20.7 Å². The summed E-state index contributed by atoms with van der Waals surface area (Å²) in [6, 6.07) is 6.28. The second kappa shape index (κ2) is 7.97. The Hall–Kier alpha value is -1.95. The van der Waals surface area contributed by atoms with Gasteiger partial charge in [-0.3, -0.25) is 9.69 Å². The number of carbonyl (C=O) groups excluding carboxylic acids is 2. The Labute approximate surface area is 159 Å². The molecule has 2 aliphatic rings. The van der Waals surface area contributed by atoms with Gasteiger partial charge in [-0.1, -0.05) is 18.2 Å². The number of carbonyl (C=O) groups is 2. The zero-order valence-corrected chi connectivity index (χ0v) is 16.2. The number of ether oxygens (including phenoxy) is 2. The molecule has 2 fully saturated rings. The van der Waals surface area contributed by atoms with Crippen molar-refractivity contribution in [2.75, 3.05) is 13.2 Å². The summed E-state index contributed by atoms with van der Waals surface area (Å²) in [4.78, 5) is 27.1. The molecule has 2 atom stereocenters. The molecule has 0 aromatic heterocycles. The van der Waals surface area contributed by atoms with E-state index in [0.29, 0.717) is 44.5 Å². The molecule has 6 heteroatoms. The van der Waals surface area contributed by atoms with Crippen LogP contribution in [0, 0.1) is 11.7 Å². The minimum Gasteiger partial charge on any atom is -0.444 e. The van der Waals surface area contributed by atoms with Gasteiger partial charge in [0.2, 0.25) is 0 Å². The van der Waals surface area contributed by atoms with Crippen LogP contribution in [0.5, 0.6) is 0 Å². The number of fused-ring (bicyclic) bond motifs is 2. The molecule has 1 amide bonds. The van der Waals surface area contributed by atoms with Gasteiger partial charge < -0.3 is 9.47 Å². The largest absolute Gasteiger partial charge is 0.444 e. The molecule has 2 saturated heterocycles. The lowest BCUT2D eigenvalue weighted by Crippen LogP contribution is -2.60. The number of ketones is 1. The molecule has 27 heavy (non-hydrogen) atoms. The van der Waals surface area contributed by atoms with E-state index >= 15 is 0 Å². The Bertz CT molecular complexity index is 686. The Kier molecular flexibility index (Phi) is 5.84. The molecular formula is C21H28FNO4. The average Bonchev–Trinajstić information content (AvgIpc) is 2.58. The maximum atomic E-state index is 13.8. The first-order valence-electron chi connectivity index (χ1n) is 9.60. The van der Waals surface area contributed by atoms with E-state index in [-0.39, 0.29) is 35.7 Å². The number of hydrogen-bond acceptors (Lipinski definition) is 4. The number of hydrogen-bond donors (Lipinski definition) is 0. The van der Waals surface area contributed by atoms with Crippen LogP contribution in [-0.4, -0.2) is 47.7 Å². The fourth-order valence-electron chi connectivity index (χ4n) is 3.95. The van der Waals surface area contributed by atoms with Gasteiger partial charge in [-0.05, 0) is 51.7 Å².